The number of hydrogen-bond donors (Lipinski definition) is 2. The Labute approximate surface area is 202 Å². The van der Waals surface area contributed by atoms with Crippen molar-refractivity contribution in [1.82, 2.24) is 15.5 Å². The minimum Gasteiger partial charge on any atom is -0.491 e. The molecule has 0 radical (unpaired) electrons. The van der Waals surface area contributed by atoms with E-state index in [-0.39, 0.29) is 42.0 Å². The molecule has 3 aliphatic heterocycles. The number of benzene rings is 2. The molecule has 6 nitrogen and oxygen atoms in total. The van der Waals surface area contributed by atoms with E-state index in [4.69, 9.17) is 4.74 Å². The first-order valence-corrected chi connectivity index (χ1v) is 12.7. The average Bonchev–Trinajstić information content (AvgIpc) is 2.83. The van der Waals surface area contributed by atoms with E-state index in [0.29, 0.717) is 12.1 Å². The Morgan fingerprint density at radius 2 is 1.97 bits per heavy atom. The van der Waals surface area contributed by atoms with Crippen LogP contribution in [0.15, 0.2) is 42.5 Å². The number of fused-ring (bicyclic) bond motifs is 4. The van der Waals surface area contributed by atoms with Gasteiger partial charge in [-0.1, -0.05) is 30.3 Å². The summed E-state index contributed by atoms with van der Waals surface area (Å²) in [5.41, 5.74) is 3.81. The predicted molar refractivity (Wildman–Crippen MR) is 132 cm³/mol. The van der Waals surface area contributed by atoms with E-state index < -0.39 is 0 Å². The molecule has 0 unspecified atom stereocenters. The van der Waals surface area contributed by atoms with Crippen molar-refractivity contribution in [2.24, 2.45) is 5.92 Å². The molecule has 3 aliphatic rings. The maximum absolute atomic E-state index is 13.7. The van der Waals surface area contributed by atoms with Gasteiger partial charge in [0.25, 0.3) is 5.91 Å². The molecule has 2 amide bonds. The van der Waals surface area contributed by atoms with Crippen molar-refractivity contribution in [2.75, 3.05) is 13.1 Å². The fourth-order valence-electron chi connectivity index (χ4n) is 5.92. The molecular weight excluding hydrogens is 426 g/mol. The van der Waals surface area contributed by atoms with Gasteiger partial charge in [0.2, 0.25) is 5.91 Å². The number of rotatable bonds is 5. The van der Waals surface area contributed by atoms with Crippen LogP contribution in [0.5, 0.6) is 5.75 Å². The van der Waals surface area contributed by atoms with E-state index in [1.165, 1.54) is 0 Å². The Kier molecular flexibility index (Phi) is 6.34. The number of nitrogens with one attached hydrogen (secondary N) is 2. The second-order valence-corrected chi connectivity index (χ2v) is 10.2. The molecule has 2 N–H and O–H groups in total. The number of carbonyl (C=O) groups is 2. The number of ether oxygens (including phenoxy) is 1. The molecule has 0 spiro atoms. The Balaban J connectivity index is 1.52. The quantitative estimate of drug-likeness (QED) is 0.701. The highest BCUT2D eigenvalue weighted by Crippen LogP contribution is 2.44. The van der Waals surface area contributed by atoms with Gasteiger partial charge in [0.1, 0.15) is 5.75 Å². The summed E-state index contributed by atoms with van der Waals surface area (Å²) in [5, 5.41) is 6.78. The number of piperidine rings is 2. The summed E-state index contributed by atoms with van der Waals surface area (Å²) in [6.45, 7) is 7.64. The van der Waals surface area contributed by atoms with E-state index >= 15 is 0 Å². The molecule has 2 fully saturated rings. The van der Waals surface area contributed by atoms with Crippen LogP contribution < -0.4 is 15.4 Å². The molecule has 5 rings (SSSR count). The molecule has 3 heterocycles. The molecule has 34 heavy (non-hydrogen) atoms. The van der Waals surface area contributed by atoms with Crippen molar-refractivity contribution in [3.05, 3.63) is 64.7 Å². The van der Waals surface area contributed by atoms with Crippen LogP contribution in [0.3, 0.4) is 0 Å². The molecule has 6 heteroatoms. The van der Waals surface area contributed by atoms with Crippen LogP contribution >= 0.6 is 0 Å². The van der Waals surface area contributed by atoms with Crippen molar-refractivity contribution in [1.29, 1.82) is 0 Å². The lowest BCUT2D eigenvalue weighted by Crippen LogP contribution is -2.58. The van der Waals surface area contributed by atoms with Gasteiger partial charge in [-0.05, 0) is 81.8 Å². The van der Waals surface area contributed by atoms with E-state index in [0.717, 1.165) is 54.7 Å². The van der Waals surface area contributed by atoms with Crippen LogP contribution in [-0.2, 0) is 11.2 Å². The van der Waals surface area contributed by atoms with Crippen LogP contribution in [0.1, 0.15) is 79.2 Å². The van der Waals surface area contributed by atoms with Gasteiger partial charge >= 0.3 is 0 Å². The maximum Gasteiger partial charge on any atom is 0.252 e. The molecular formula is C28H35N3O3. The number of hydrogen-bond acceptors (Lipinski definition) is 4. The minimum absolute atomic E-state index is 0.0146. The van der Waals surface area contributed by atoms with Crippen LogP contribution in [0.4, 0.5) is 0 Å². The summed E-state index contributed by atoms with van der Waals surface area (Å²) in [4.78, 5) is 29.2. The van der Waals surface area contributed by atoms with Crippen molar-refractivity contribution >= 4 is 11.8 Å². The first-order valence-electron chi connectivity index (χ1n) is 12.7. The lowest BCUT2D eigenvalue weighted by molar-refractivity contribution is -0.145. The highest BCUT2D eigenvalue weighted by molar-refractivity contribution is 5.97. The zero-order chi connectivity index (χ0) is 23.8. The number of amides is 2. The topological polar surface area (TPSA) is 70.7 Å². The van der Waals surface area contributed by atoms with E-state index in [2.05, 4.69) is 16.7 Å². The van der Waals surface area contributed by atoms with E-state index in [9.17, 15) is 9.59 Å². The Morgan fingerprint density at radius 3 is 2.74 bits per heavy atom. The fraction of sp³-hybridized carbons (Fsp3) is 0.500. The van der Waals surface area contributed by atoms with Crippen LogP contribution in [0, 0.1) is 5.92 Å². The number of carbonyl (C=O) groups excluding carboxylic acids is 2. The lowest BCUT2D eigenvalue weighted by atomic mass is 9.75. The SMILES string of the molecule is CC(C)Oc1cc2c(c(C(=O)N[C@H](C)c3ccccc3)c1)[C@H]1C[C@@H]3NCCC[C@@H]3C(=O)N1CC2. The first-order chi connectivity index (χ1) is 16.4. The third-order valence-corrected chi connectivity index (χ3v) is 7.50. The van der Waals surface area contributed by atoms with Gasteiger partial charge in [-0.3, -0.25) is 9.59 Å². The monoisotopic (exact) mass is 461 g/mol. The predicted octanol–water partition coefficient (Wildman–Crippen LogP) is 4.16. The summed E-state index contributed by atoms with van der Waals surface area (Å²) in [6, 6.07) is 13.9. The molecule has 180 valence electrons. The van der Waals surface area contributed by atoms with Crippen LogP contribution in [0.2, 0.25) is 0 Å². The summed E-state index contributed by atoms with van der Waals surface area (Å²) in [7, 11) is 0. The highest BCUT2D eigenvalue weighted by Gasteiger charge is 2.46. The molecule has 2 aromatic rings. The summed E-state index contributed by atoms with van der Waals surface area (Å²) < 4.78 is 6.03. The fourth-order valence-corrected chi connectivity index (χ4v) is 5.92. The standard InChI is InChI=1S/C28H35N3O3/c1-17(2)34-21-14-20-11-13-31-25(16-24-22(28(31)33)10-7-12-29-24)26(20)23(15-21)27(32)30-18(3)19-8-5-4-6-9-19/h4-6,8-9,14-15,17-18,22,24-25,29H,7,10-13,16H2,1-3H3,(H,30,32)/t18-,22+,24+,25-/m1/s1. The Hall–Kier alpha value is -2.86. The van der Waals surface area contributed by atoms with E-state index in [1.807, 2.05) is 62.1 Å². The third kappa shape index (κ3) is 4.31. The van der Waals surface area contributed by atoms with Gasteiger partial charge in [0, 0.05) is 18.2 Å². The van der Waals surface area contributed by atoms with Crippen molar-refractivity contribution in [3.63, 3.8) is 0 Å². The van der Waals surface area contributed by atoms with Gasteiger partial charge in [-0.2, -0.15) is 0 Å². The van der Waals surface area contributed by atoms with Gasteiger partial charge in [-0.15, -0.1) is 0 Å². The Morgan fingerprint density at radius 1 is 1.18 bits per heavy atom. The average molecular weight is 462 g/mol. The van der Waals surface area contributed by atoms with Crippen LogP contribution in [0.25, 0.3) is 0 Å². The zero-order valence-electron chi connectivity index (χ0n) is 20.3. The molecule has 0 aliphatic carbocycles. The minimum atomic E-state index is -0.129. The largest absolute Gasteiger partial charge is 0.491 e. The summed E-state index contributed by atoms with van der Waals surface area (Å²) >= 11 is 0. The molecule has 0 bridgehead atoms. The lowest BCUT2D eigenvalue weighted by Gasteiger charge is -2.49. The Bertz CT molecular complexity index is 1070. The van der Waals surface area contributed by atoms with Gasteiger partial charge in [0.15, 0.2) is 0 Å². The van der Waals surface area contributed by atoms with Gasteiger partial charge < -0.3 is 20.3 Å². The third-order valence-electron chi connectivity index (χ3n) is 7.50. The summed E-state index contributed by atoms with van der Waals surface area (Å²) in [5.74, 6) is 0.904. The smallest absolute Gasteiger partial charge is 0.252 e. The zero-order valence-corrected chi connectivity index (χ0v) is 20.3. The normalized spacial score (nSPS) is 24.6. The number of nitrogens with zero attached hydrogens (tertiary/aromatic N) is 1. The molecule has 4 atom stereocenters. The maximum atomic E-state index is 13.7. The van der Waals surface area contributed by atoms with Crippen molar-refractivity contribution in [2.45, 2.75) is 70.7 Å². The second-order valence-electron chi connectivity index (χ2n) is 10.2. The second kappa shape index (κ2) is 9.41. The molecule has 0 aromatic heterocycles. The first kappa shape index (κ1) is 22.9. The molecule has 0 saturated carbocycles. The van der Waals surface area contributed by atoms with Crippen molar-refractivity contribution < 1.29 is 14.3 Å². The van der Waals surface area contributed by atoms with Gasteiger partial charge in [0.05, 0.1) is 24.1 Å². The van der Waals surface area contributed by atoms with Crippen LogP contribution in [-0.4, -0.2) is 41.9 Å². The molecule has 2 saturated heterocycles. The summed E-state index contributed by atoms with van der Waals surface area (Å²) in [6.07, 6.45) is 3.60. The van der Waals surface area contributed by atoms with Crippen molar-refractivity contribution in [3.8, 4) is 5.75 Å². The molecule has 2 aromatic carbocycles. The van der Waals surface area contributed by atoms with Gasteiger partial charge in [-0.25, -0.2) is 0 Å². The van der Waals surface area contributed by atoms with E-state index in [1.54, 1.807) is 0 Å². The highest BCUT2D eigenvalue weighted by atomic mass is 16.5.